The van der Waals surface area contributed by atoms with Crippen LogP contribution in [0.15, 0.2) is 89.6 Å². The van der Waals surface area contributed by atoms with Gasteiger partial charge in [0.1, 0.15) is 10.7 Å². The second-order valence-corrected chi connectivity index (χ2v) is 9.45. The molecule has 5 rings (SSSR count). The molecule has 3 aromatic rings. The van der Waals surface area contributed by atoms with Gasteiger partial charge in [0, 0.05) is 26.2 Å². The Morgan fingerprint density at radius 1 is 0.714 bits per heavy atom. The number of carbonyl (C=O) groups excluding carboxylic acids is 2. The van der Waals surface area contributed by atoms with E-state index < -0.39 is 5.91 Å². The van der Waals surface area contributed by atoms with E-state index in [0.717, 1.165) is 24.2 Å². The van der Waals surface area contributed by atoms with E-state index in [0.29, 0.717) is 24.5 Å². The lowest BCUT2D eigenvalue weighted by Gasteiger charge is -2.40. The Morgan fingerprint density at radius 3 is 1.86 bits per heavy atom. The lowest BCUT2D eigenvalue weighted by Crippen LogP contribution is -2.48. The van der Waals surface area contributed by atoms with Crippen molar-refractivity contribution in [2.75, 3.05) is 31.1 Å². The van der Waals surface area contributed by atoms with Crippen molar-refractivity contribution in [1.29, 1.82) is 0 Å². The van der Waals surface area contributed by atoms with E-state index in [1.807, 2.05) is 43.0 Å². The second-order valence-electron chi connectivity index (χ2n) is 9.07. The molecule has 0 N–H and O–H groups in total. The van der Waals surface area contributed by atoms with Gasteiger partial charge < -0.3 is 4.90 Å². The maximum Gasteiger partial charge on any atom is 0.283 e. The Kier molecular flexibility index (Phi) is 6.46. The van der Waals surface area contributed by atoms with Crippen LogP contribution >= 0.6 is 11.6 Å². The van der Waals surface area contributed by atoms with Gasteiger partial charge in [0.2, 0.25) is 0 Å². The van der Waals surface area contributed by atoms with E-state index in [1.54, 1.807) is 6.07 Å². The fourth-order valence-corrected chi connectivity index (χ4v) is 5.34. The molecule has 2 aliphatic heterocycles. The van der Waals surface area contributed by atoms with Gasteiger partial charge in [0.05, 0.1) is 11.7 Å². The van der Waals surface area contributed by atoms with Gasteiger partial charge in [-0.1, -0.05) is 84.4 Å². The molecule has 5 nitrogen and oxygen atoms in total. The average Bonchev–Trinajstić information content (AvgIpc) is 3.11. The number of amides is 2. The number of nitrogens with zero attached hydrogens (tertiary/aromatic N) is 3. The molecular weight excluding hydrogens is 458 g/mol. The molecule has 3 aromatic carbocycles. The van der Waals surface area contributed by atoms with Crippen LogP contribution in [0.25, 0.3) is 0 Å². The largest absolute Gasteiger partial charge is 0.363 e. The third-order valence-electron chi connectivity index (χ3n) is 7.05. The highest BCUT2D eigenvalue weighted by atomic mass is 35.5. The van der Waals surface area contributed by atoms with Crippen molar-refractivity contribution in [3.05, 3.63) is 112 Å². The van der Waals surface area contributed by atoms with Crippen molar-refractivity contribution >= 4 is 29.1 Å². The number of hydrogen-bond acceptors (Lipinski definition) is 4. The van der Waals surface area contributed by atoms with E-state index in [-0.39, 0.29) is 17.0 Å². The summed E-state index contributed by atoms with van der Waals surface area (Å²) in [7, 11) is 0. The van der Waals surface area contributed by atoms with Crippen molar-refractivity contribution < 1.29 is 9.59 Å². The van der Waals surface area contributed by atoms with Crippen molar-refractivity contribution in [1.82, 2.24) is 9.80 Å². The quantitative estimate of drug-likeness (QED) is 0.475. The molecule has 2 heterocycles. The van der Waals surface area contributed by atoms with E-state index in [4.69, 9.17) is 11.6 Å². The minimum Gasteiger partial charge on any atom is -0.363 e. The third kappa shape index (κ3) is 4.26. The Labute approximate surface area is 211 Å². The molecule has 35 heavy (non-hydrogen) atoms. The summed E-state index contributed by atoms with van der Waals surface area (Å²) in [4.78, 5) is 32.1. The SMILES string of the molecule is Cc1cccc(N2C(=O)C(Cl)=C(N3CCN(C(c4ccccc4)c4ccccc4)CC3)C2=O)c1C. The van der Waals surface area contributed by atoms with Crippen LogP contribution in [0.1, 0.15) is 28.3 Å². The smallest absolute Gasteiger partial charge is 0.283 e. The third-order valence-corrected chi connectivity index (χ3v) is 7.39. The lowest BCUT2D eigenvalue weighted by atomic mass is 9.96. The maximum absolute atomic E-state index is 13.5. The van der Waals surface area contributed by atoms with Gasteiger partial charge in [-0.2, -0.15) is 0 Å². The molecule has 178 valence electrons. The average molecular weight is 486 g/mol. The molecule has 2 aliphatic rings. The number of imide groups is 1. The van der Waals surface area contributed by atoms with Crippen molar-refractivity contribution in [2.45, 2.75) is 19.9 Å². The number of benzene rings is 3. The molecule has 0 spiro atoms. The summed E-state index contributed by atoms with van der Waals surface area (Å²) in [5, 5.41) is 0.00650. The van der Waals surface area contributed by atoms with Crippen LogP contribution in [0, 0.1) is 13.8 Å². The Morgan fingerprint density at radius 2 is 1.29 bits per heavy atom. The molecule has 0 aliphatic carbocycles. The highest BCUT2D eigenvalue weighted by Crippen LogP contribution is 2.35. The molecule has 1 saturated heterocycles. The highest BCUT2D eigenvalue weighted by molar-refractivity contribution is 6.52. The maximum atomic E-state index is 13.5. The van der Waals surface area contributed by atoms with Crippen molar-refractivity contribution in [2.24, 2.45) is 0 Å². The summed E-state index contributed by atoms with van der Waals surface area (Å²) in [6.45, 7) is 6.60. The van der Waals surface area contributed by atoms with E-state index >= 15 is 0 Å². The topological polar surface area (TPSA) is 43.9 Å². The number of rotatable bonds is 5. The summed E-state index contributed by atoms with van der Waals surface area (Å²) in [5.41, 5.74) is 5.30. The second kappa shape index (κ2) is 9.68. The Balaban J connectivity index is 1.37. The van der Waals surface area contributed by atoms with Crippen molar-refractivity contribution in [3.8, 4) is 0 Å². The normalized spacial score (nSPS) is 17.1. The summed E-state index contributed by atoms with van der Waals surface area (Å²) in [6.07, 6.45) is 0. The summed E-state index contributed by atoms with van der Waals surface area (Å²) >= 11 is 6.50. The van der Waals surface area contributed by atoms with Gasteiger partial charge in [-0.15, -0.1) is 0 Å². The summed E-state index contributed by atoms with van der Waals surface area (Å²) in [6, 6.07) is 26.7. The first-order valence-electron chi connectivity index (χ1n) is 11.9. The molecule has 0 radical (unpaired) electrons. The zero-order chi connectivity index (χ0) is 24.5. The van der Waals surface area contributed by atoms with E-state index in [2.05, 4.69) is 53.4 Å². The molecular formula is C29H28ClN3O2. The zero-order valence-corrected chi connectivity index (χ0v) is 20.7. The van der Waals surface area contributed by atoms with Crippen molar-refractivity contribution in [3.63, 3.8) is 0 Å². The van der Waals surface area contributed by atoms with Gasteiger partial charge in [0.15, 0.2) is 0 Å². The standard InChI is InChI=1S/C29H28ClN3O2/c1-20-10-9-15-24(21(20)2)33-28(34)25(30)27(29(33)35)32-18-16-31(17-19-32)26(22-11-5-3-6-12-22)23-13-7-4-8-14-23/h3-15,26H,16-19H2,1-2H3. The fraction of sp³-hybridized carbons (Fsp3) is 0.241. The minimum atomic E-state index is -0.450. The molecule has 0 saturated carbocycles. The Bertz CT molecular complexity index is 1240. The lowest BCUT2D eigenvalue weighted by molar-refractivity contribution is -0.121. The predicted molar refractivity (Wildman–Crippen MR) is 139 cm³/mol. The first-order chi connectivity index (χ1) is 17.0. The number of hydrogen-bond donors (Lipinski definition) is 0. The number of aryl methyl sites for hydroxylation is 1. The first-order valence-corrected chi connectivity index (χ1v) is 12.3. The number of carbonyl (C=O) groups is 2. The first kappa shape index (κ1) is 23.3. The molecule has 2 amide bonds. The molecule has 6 heteroatoms. The zero-order valence-electron chi connectivity index (χ0n) is 19.9. The highest BCUT2D eigenvalue weighted by Gasteiger charge is 2.43. The summed E-state index contributed by atoms with van der Waals surface area (Å²) < 4.78 is 0. The van der Waals surface area contributed by atoms with E-state index in [9.17, 15) is 9.59 Å². The van der Waals surface area contributed by atoms with Crippen LogP contribution in [0.4, 0.5) is 5.69 Å². The van der Waals surface area contributed by atoms with Gasteiger partial charge >= 0.3 is 0 Å². The molecule has 0 atom stereocenters. The van der Waals surface area contributed by atoms with Crippen LogP contribution in [-0.4, -0.2) is 47.8 Å². The van der Waals surface area contributed by atoms with Crippen LogP contribution in [0.5, 0.6) is 0 Å². The monoisotopic (exact) mass is 485 g/mol. The van der Waals surface area contributed by atoms with Crippen LogP contribution in [0.3, 0.4) is 0 Å². The predicted octanol–water partition coefficient (Wildman–Crippen LogP) is 5.03. The van der Waals surface area contributed by atoms with Crippen LogP contribution in [-0.2, 0) is 9.59 Å². The number of halogens is 1. The molecule has 0 unspecified atom stereocenters. The molecule has 0 bridgehead atoms. The van der Waals surface area contributed by atoms with Crippen LogP contribution in [0.2, 0.25) is 0 Å². The van der Waals surface area contributed by atoms with Gasteiger partial charge in [-0.25, -0.2) is 4.90 Å². The van der Waals surface area contributed by atoms with Crippen LogP contribution < -0.4 is 4.90 Å². The van der Waals surface area contributed by atoms with Gasteiger partial charge in [-0.3, -0.25) is 14.5 Å². The number of anilines is 1. The van der Waals surface area contributed by atoms with Gasteiger partial charge in [0.25, 0.3) is 11.8 Å². The van der Waals surface area contributed by atoms with Gasteiger partial charge in [-0.05, 0) is 42.2 Å². The number of piperazine rings is 1. The molecule has 0 aromatic heterocycles. The minimum absolute atomic E-state index is 0.00650. The van der Waals surface area contributed by atoms with E-state index in [1.165, 1.54) is 16.0 Å². The summed E-state index contributed by atoms with van der Waals surface area (Å²) in [5.74, 6) is -0.793. The molecule has 1 fully saturated rings. The fourth-order valence-electron chi connectivity index (χ4n) is 5.05. The Hall–Kier alpha value is -3.41.